The van der Waals surface area contributed by atoms with Crippen molar-refractivity contribution < 1.29 is 4.42 Å². The van der Waals surface area contributed by atoms with Gasteiger partial charge in [-0.05, 0) is 43.8 Å². The van der Waals surface area contributed by atoms with Crippen LogP contribution in [0.1, 0.15) is 22.9 Å². The van der Waals surface area contributed by atoms with Crippen LogP contribution >= 0.6 is 27.5 Å². The van der Waals surface area contributed by atoms with Gasteiger partial charge in [0.25, 0.3) is 0 Å². The van der Waals surface area contributed by atoms with Crippen molar-refractivity contribution in [2.75, 3.05) is 13.6 Å². The van der Waals surface area contributed by atoms with Gasteiger partial charge in [0.15, 0.2) is 0 Å². The lowest BCUT2D eigenvalue weighted by Gasteiger charge is -2.28. The summed E-state index contributed by atoms with van der Waals surface area (Å²) in [6.45, 7) is 3.24. The molecule has 1 aromatic carbocycles. The molecule has 0 saturated heterocycles. The molecule has 0 aliphatic rings. The van der Waals surface area contributed by atoms with Crippen LogP contribution in [0.5, 0.6) is 0 Å². The van der Waals surface area contributed by atoms with E-state index in [1.807, 2.05) is 38.2 Å². The van der Waals surface area contributed by atoms with Gasteiger partial charge in [0.05, 0.1) is 6.26 Å². The summed E-state index contributed by atoms with van der Waals surface area (Å²) in [5, 5.41) is 0.736. The van der Waals surface area contributed by atoms with E-state index in [0.29, 0.717) is 6.54 Å². The van der Waals surface area contributed by atoms with Crippen molar-refractivity contribution in [1.82, 2.24) is 4.90 Å². The molecule has 0 bridgehead atoms. The molecule has 0 saturated carbocycles. The number of nitrogens with zero attached hydrogens (tertiary/aromatic N) is 1. The molecule has 0 radical (unpaired) electrons. The largest absolute Gasteiger partial charge is 0.469 e. The molecule has 2 rings (SSSR count). The molecule has 20 heavy (non-hydrogen) atoms. The SMILES string of the molecule is Cc1occc1CN(C)C(CN)c1cc(Br)ccc1Cl. The summed E-state index contributed by atoms with van der Waals surface area (Å²) in [4.78, 5) is 2.19. The lowest BCUT2D eigenvalue weighted by Crippen LogP contribution is -2.30. The number of nitrogens with two attached hydrogens (primary N) is 1. The molecule has 3 nitrogen and oxygen atoms in total. The van der Waals surface area contributed by atoms with Crippen LogP contribution in [0.15, 0.2) is 39.4 Å². The molecule has 1 heterocycles. The first-order valence-electron chi connectivity index (χ1n) is 6.41. The normalized spacial score (nSPS) is 12.9. The van der Waals surface area contributed by atoms with E-state index in [1.165, 1.54) is 0 Å². The van der Waals surface area contributed by atoms with E-state index in [9.17, 15) is 0 Å². The topological polar surface area (TPSA) is 42.4 Å². The number of furan rings is 1. The summed E-state index contributed by atoms with van der Waals surface area (Å²) >= 11 is 9.79. The Morgan fingerprint density at radius 1 is 1.40 bits per heavy atom. The zero-order valence-electron chi connectivity index (χ0n) is 11.6. The zero-order valence-corrected chi connectivity index (χ0v) is 13.9. The standard InChI is InChI=1S/C15H18BrClN2O/c1-10-11(5-6-20-10)9-19(2)15(8-18)13-7-12(16)3-4-14(13)17/h3-7,15H,8-9,18H2,1-2H3. The van der Waals surface area contributed by atoms with Crippen molar-refractivity contribution in [1.29, 1.82) is 0 Å². The zero-order chi connectivity index (χ0) is 14.7. The van der Waals surface area contributed by atoms with Gasteiger partial charge < -0.3 is 10.2 Å². The Morgan fingerprint density at radius 2 is 2.15 bits per heavy atom. The summed E-state index contributed by atoms with van der Waals surface area (Å²) in [5.74, 6) is 0.938. The van der Waals surface area contributed by atoms with E-state index < -0.39 is 0 Å². The second-order valence-electron chi connectivity index (χ2n) is 4.83. The maximum atomic E-state index is 6.31. The molecule has 0 amide bonds. The van der Waals surface area contributed by atoms with Crippen molar-refractivity contribution in [2.24, 2.45) is 5.73 Å². The number of hydrogen-bond donors (Lipinski definition) is 1. The average Bonchev–Trinajstić information content (AvgIpc) is 2.80. The van der Waals surface area contributed by atoms with Crippen LogP contribution in [-0.4, -0.2) is 18.5 Å². The van der Waals surface area contributed by atoms with E-state index in [2.05, 4.69) is 20.8 Å². The monoisotopic (exact) mass is 356 g/mol. The van der Waals surface area contributed by atoms with Gasteiger partial charge in [0, 0.05) is 34.2 Å². The number of rotatable bonds is 5. The number of benzene rings is 1. The van der Waals surface area contributed by atoms with Gasteiger partial charge in [-0.1, -0.05) is 27.5 Å². The third-order valence-electron chi connectivity index (χ3n) is 3.46. The van der Waals surface area contributed by atoms with Crippen LogP contribution in [-0.2, 0) is 6.54 Å². The first-order chi connectivity index (χ1) is 9.52. The molecular formula is C15H18BrClN2O. The first kappa shape index (κ1) is 15.6. The molecule has 2 aromatic rings. The molecule has 0 aliphatic heterocycles. The minimum Gasteiger partial charge on any atom is -0.469 e. The van der Waals surface area contributed by atoms with Crippen molar-refractivity contribution in [3.05, 3.63) is 56.9 Å². The van der Waals surface area contributed by atoms with Gasteiger partial charge in [-0.15, -0.1) is 0 Å². The highest BCUT2D eigenvalue weighted by molar-refractivity contribution is 9.10. The molecule has 2 N–H and O–H groups in total. The molecule has 0 fully saturated rings. The predicted octanol–water partition coefficient (Wildman–Crippen LogP) is 4.14. The summed E-state index contributed by atoms with van der Waals surface area (Å²) < 4.78 is 6.34. The highest BCUT2D eigenvalue weighted by Crippen LogP contribution is 2.30. The van der Waals surface area contributed by atoms with Gasteiger partial charge in [-0.25, -0.2) is 0 Å². The summed E-state index contributed by atoms with van der Waals surface area (Å²) in [6, 6.07) is 7.90. The molecular weight excluding hydrogens is 340 g/mol. The Bertz CT molecular complexity index is 585. The third-order valence-corrected chi connectivity index (χ3v) is 4.30. The lowest BCUT2D eigenvalue weighted by molar-refractivity contribution is 0.240. The van der Waals surface area contributed by atoms with Gasteiger partial charge in [-0.2, -0.15) is 0 Å². The molecule has 5 heteroatoms. The molecule has 0 spiro atoms. The number of halogens is 2. The van der Waals surface area contributed by atoms with Crippen molar-refractivity contribution in [3.63, 3.8) is 0 Å². The fraction of sp³-hybridized carbons (Fsp3) is 0.333. The maximum Gasteiger partial charge on any atom is 0.105 e. The Morgan fingerprint density at radius 3 is 2.75 bits per heavy atom. The predicted molar refractivity (Wildman–Crippen MR) is 85.9 cm³/mol. The fourth-order valence-corrected chi connectivity index (χ4v) is 2.89. The molecule has 108 valence electrons. The van der Waals surface area contributed by atoms with Crippen molar-refractivity contribution >= 4 is 27.5 Å². The van der Waals surface area contributed by atoms with E-state index in [-0.39, 0.29) is 6.04 Å². The van der Waals surface area contributed by atoms with Crippen LogP contribution in [0.4, 0.5) is 0 Å². The van der Waals surface area contributed by atoms with Gasteiger partial charge in [0.1, 0.15) is 5.76 Å². The maximum absolute atomic E-state index is 6.31. The fourth-order valence-electron chi connectivity index (χ4n) is 2.27. The average molecular weight is 358 g/mol. The second-order valence-corrected chi connectivity index (χ2v) is 6.16. The first-order valence-corrected chi connectivity index (χ1v) is 7.58. The van der Waals surface area contributed by atoms with Gasteiger partial charge in [-0.3, -0.25) is 4.90 Å². The van der Waals surface area contributed by atoms with Crippen LogP contribution < -0.4 is 5.73 Å². The highest BCUT2D eigenvalue weighted by Gasteiger charge is 2.19. The van der Waals surface area contributed by atoms with Crippen molar-refractivity contribution in [3.8, 4) is 0 Å². The van der Waals surface area contributed by atoms with Gasteiger partial charge >= 0.3 is 0 Å². The molecule has 0 aliphatic carbocycles. The Hall–Kier alpha value is -0.810. The Kier molecular flexibility index (Phi) is 5.27. The highest BCUT2D eigenvalue weighted by atomic mass is 79.9. The quantitative estimate of drug-likeness (QED) is 0.874. The smallest absolute Gasteiger partial charge is 0.105 e. The van der Waals surface area contributed by atoms with Crippen molar-refractivity contribution in [2.45, 2.75) is 19.5 Å². The summed E-state index contributed by atoms with van der Waals surface area (Å²) in [5.41, 5.74) is 8.15. The van der Waals surface area contributed by atoms with E-state index in [4.69, 9.17) is 21.8 Å². The third kappa shape index (κ3) is 3.44. The van der Waals surface area contributed by atoms with Crippen LogP contribution in [0, 0.1) is 6.92 Å². The number of aryl methyl sites for hydroxylation is 1. The lowest BCUT2D eigenvalue weighted by atomic mass is 10.0. The van der Waals surface area contributed by atoms with Crippen LogP contribution in [0.3, 0.4) is 0 Å². The minimum absolute atomic E-state index is 0.0642. The van der Waals surface area contributed by atoms with E-state index in [0.717, 1.165) is 32.9 Å². The van der Waals surface area contributed by atoms with E-state index in [1.54, 1.807) is 6.26 Å². The summed E-state index contributed by atoms with van der Waals surface area (Å²) in [6.07, 6.45) is 1.71. The van der Waals surface area contributed by atoms with E-state index >= 15 is 0 Å². The molecule has 1 aromatic heterocycles. The Balaban J connectivity index is 2.23. The second kappa shape index (κ2) is 6.76. The van der Waals surface area contributed by atoms with Crippen LogP contribution in [0.2, 0.25) is 5.02 Å². The number of likely N-dealkylation sites (N-methyl/N-ethyl adjacent to an activating group) is 1. The number of hydrogen-bond acceptors (Lipinski definition) is 3. The molecule has 1 atom stereocenters. The molecule has 1 unspecified atom stereocenters. The summed E-state index contributed by atoms with van der Waals surface area (Å²) in [7, 11) is 2.04. The van der Waals surface area contributed by atoms with Crippen LogP contribution in [0.25, 0.3) is 0 Å². The Labute approximate surface area is 132 Å². The minimum atomic E-state index is 0.0642. The van der Waals surface area contributed by atoms with Gasteiger partial charge in [0.2, 0.25) is 0 Å².